The lowest BCUT2D eigenvalue weighted by Crippen LogP contribution is -2.44. The standard InChI is InChI=1S/C16H29N3/c1-5-19-11-10-17-15(19)12-18-14-9-7-6-8-13(14)16(2,3)4/h10-11,13-14,18H,5-9,12H2,1-4H3. The van der Waals surface area contributed by atoms with E-state index >= 15 is 0 Å². The second kappa shape index (κ2) is 6.08. The summed E-state index contributed by atoms with van der Waals surface area (Å²) in [6, 6.07) is 0.649. The summed E-state index contributed by atoms with van der Waals surface area (Å²) in [6.07, 6.45) is 9.41. The van der Waals surface area contributed by atoms with E-state index in [9.17, 15) is 0 Å². The normalized spacial score (nSPS) is 24.6. The molecule has 1 saturated carbocycles. The molecule has 1 aromatic heterocycles. The number of rotatable bonds is 4. The highest BCUT2D eigenvalue weighted by Crippen LogP contribution is 2.38. The molecule has 0 aromatic carbocycles. The van der Waals surface area contributed by atoms with Crippen molar-refractivity contribution in [1.82, 2.24) is 14.9 Å². The molecule has 2 rings (SSSR count). The van der Waals surface area contributed by atoms with Gasteiger partial charge in [-0.05, 0) is 31.1 Å². The molecule has 1 heterocycles. The molecular formula is C16H29N3. The molecule has 0 amide bonds. The molecule has 1 N–H and O–H groups in total. The highest BCUT2D eigenvalue weighted by atomic mass is 15.1. The van der Waals surface area contributed by atoms with Gasteiger partial charge in [-0.1, -0.05) is 33.6 Å². The summed E-state index contributed by atoms with van der Waals surface area (Å²) < 4.78 is 2.22. The van der Waals surface area contributed by atoms with E-state index in [1.165, 1.54) is 31.5 Å². The van der Waals surface area contributed by atoms with Crippen LogP contribution in [0, 0.1) is 11.3 Å². The second-order valence-electron chi connectivity index (χ2n) is 6.87. The molecule has 0 saturated heterocycles. The van der Waals surface area contributed by atoms with Crippen LogP contribution >= 0.6 is 0 Å². The SMILES string of the molecule is CCn1ccnc1CNC1CCCCC1C(C)(C)C. The predicted molar refractivity (Wildman–Crippen MR) is 79.9 cm³/mol. The third-order valence-electron chi connectivity index (χ3n) is 4.54. The predicted octanol–water partition coefficient (Wildman–Crippen LogP) is 3.60. The summed E-state index contributed by atoms with van der Waals surface area (Å²) in [7, 11) is 0. The summed E-state index contributed by atoms with van der Waals surface area (Å²) in [6.45, 7) is 11.2. The Hall–Kier alpha value is -0.830. The second-order valence-corrected chi connectivity index (χ2v) is 6.87. The molecule has 1 fully saturated rings. The quantitative estimate of drug-likeness (QED) is 0.899. The molecular weight excluding hydrogens is 234 g/mol. The zero-order valence-corrected chi connectivity index (χ0v) is 12.9. The first-order valence-electron chi connectivity index (χ1n) is 7.75. The van der Waals surface area contributed by atoms with E-state index in [-0.39, 0.29) is 0 Å². The molecule has 1 aromatic rings. The van der Waals surface area contributed by atoms with Crippen molar-refractivity contribution >= 4 is 0 Å². The highest BCUT2D eigenvalue weighted by molar-refractivity contribution is 4.94. The van der Waals surface area contributed by atoms with E-state index in [1.807, 2.05) is 6.20 Å². The van der Waals surface area contributed by atoms with Gasteiger partial charge in [-0.3, -0.25) is 0 Å². The lowest BCUT2D eigenvalue weighted by molar-refractivity contribution is 0.129. The fraction of sp³-hybridized carbons (Fsp3) is 0.812. The molecule has 0 spiro atoms. The van der Waals surface area contributed by atoms with Gasteiger partial charge in [0.1, 0.15) is 5.82 Å². The van der Waals surface area contributed by atoms with Crippen LogP contribution in [-0.2, 0) is 13.1 Å². The molecule has 2 unspecified atom stereocenters. The van der Waals surface area contributed by atoms with Crippen LogP contribution in [-0.4, -0.2) is 15.6 Å². The van der Waals surface area contributed by atoms with Crippen molar-refractivity contribution in [2.24, 2.45) is 11.3 Å². The van der Waals surface area contributed by atoms with Gasteiger partial charge in [0.15, 0.2) is 0 Å². The summed E-state index contributed by atoms with van der Waals surface area (Å²) >= 11 is 0. The van der Waals surface area contributed by atoms with E-state index in [2.05, 4.69) is 48.8 Å². The minimum Gasteiger partial charge on any atom is -0.334 e. The zero-order valence-electron chi connectivity index (χ0n) is 12.9. The number of hydrogen-bond acceptors (Lipinski definition) is 2. The van der Waals surface area contributed by atoms with Gasteiger partial charge in [0.25, 0.3) is 0 Å². The van der Waals surface area contributed by atoms with E-state index < -0.39 is 0 Å². The summed E-state index contributed by atoms with van der Waals surface area (Å²) in [4.78, 5) is 4.46. The smallest absolute Gasteiger partial charge is 0.122 e. The number of nitrogens with zero attached hydrogens (tertiary/aromatic N) is 2. The Morgan fingerprint density at radius 2 is 2.05 bits per heavy atom. The van der Waals surface area contributed by atoms with Crippen LogP contribution < -0.4 is 5.32 Å². The molecule has 0 aliphatic heterocycles. The topological polar surface area (TPSA) is 29.9 Å². The first-order chi connectivity index (χ1) is 9.02. The van der Waals surface area contributed by atoms with Crippen LogP contribution in [0.25, 0.3) is 0 Å². The highest BCUT2D eigenvalue weighted by Gasteiger charge is 2.33. The molecule has 0 radical (unpaired) electrons. The van der Waals surface area contributed by atoms with Gasteiger partial charge < -0.3 is 9.88 Å². The summed E-state index contributed by atoms with van der Waals surface area (Å²) in [5.74, 6) is 1.95. The number of nitrogens with one attached hydrogen (secondary N) is 1. The number of aryl methyl sites for hydroxylation is 1. The monoisotopic (exact) mass is 263 g/mol. The molecule has 108 valence electrons. The van der Waals surface area contributed by atoms with Gasteiger partial charge >= 0.3 is 0 Å². The number of imidazole rings is 1. The fourth-order valence-electron chi connectivity index (χ4n) is 3.43. The van der Waals surface area contributed by atoms with Gasteiger partial charge in [0.2, 0.25) is 0 Å². The largest absolute Gasteiger partial charge is 0.334 e. The van der Waals surface area contributed by atoms with Crippen molar-refractivity contribution in [2.75, 3.05) is 0 Å². The molecule has 19 heavy (non-hydrogen) atoms. The average Bonchev–Trinajstić information content (AvgIpc) is 2.83. The van der Waals surface area contributed by atoms with Crippen molar-refractivity contribution in [3.63, 3.8) is 0 Å². The van der Waals surface area contributed by atoms with Crippen LogP contribution in [0.2, 0.25) is 0 Å². The van der Waals surface area contributed by atoms with Crippen LogP contribution in [0.3, 0.4) is 0 Å². The van der Waals surface area contributed by atoms with Crippen LogP contribution in [0.15, 0.2) is 12.4 Å². The Morgan fingerprint density at radius 1 is 1.32 bits per heavy atom. The Labute approximate surface area is 117 Å². The maximum atomic E-state index is 4.46. The average molecular weight is 263 g/mol. The fourth-order valence-corrected chi connectivity index (χ4v) is 3.43. The van der Waals surface area contributed by atoms with Crippen molar-refractivity contribution in [1.29, 1.82) is 0 Å². The minimum absolute atomic E-state index is 0.401. The number of hydrogen-bond donors (Lipinski definition) is 1. The molecule has 1 aliphatic carbocycles. The minimum atomic E-state index is 0.401. The Morgan fingerprint density at radius 3 is 2.74 bits per heavy atom. The Kier molecular flexibility index (Phi) is 4.67. The van der Waals surface area contributed by atoms with Crippen molar-refractivity contribution in [2.45, 2.75) is 72.5 Å². The third kappa shape index (κ3) is 3.59. The number of aromatic nitrogens is 2. The van der Waals surface area contributed by atoms with Crippen molar-refractivity contribution in [3.05, 3.63) is 18.2 Å². The van der Waals surface area contributed by atoms with E-state index in [0.29, 0.717) is 11.5 Å². The molecule has 1 aliphatic rings. The lowest BCUT2D eigenvalue weighted by Gasteiger charge is -2.41. The van der Waals surface area contributed by atoms with Gasteiger partial charge in [-0.2, -0.15) is 0 Å². The Balaban J connectivity index is 1.97. The van der Waals surface area contributed by atoms with Crippen molar-refractivity contribution in [3.8, 4) is 0 Å². The van der Waals surface area contributed by atoms with Crippen LogP contribution in [0.4, 0.5) is 0 Å². The Bertz CT molecular complexity index is 389. The van der Waals surface area contributed by atoms with Crippen LogP contribution in [0.1, 0.15) is 59.2 Å². The van der Waals surface area contributed by atoms with Gasteiger partial charge in [-0.15, -0.1) is 0 Å². The van der Waals surface area contributed by atoms with E-state index in [4.69, 9.17) is 0 Å². The van der Waals surface area contributed by atoms with Gasteiger partial charge in [-0.25, -0.2) is 4.98 Å². The third-order valence-corrected chi connectivity index (χ3v) is 4.54. The lowest BCUT2D eigenvalue weighted by atomic mass is 9.69. The van der Waals surface area contributed by atoms with E-state index in [1.54, 1.807) is 0 Å². The molecule has 0 bridgehead atoms. The molecule has 2 atom stereocenters. The maximum absolute atomic E-state index is 4.46. The molecule has 3 heteroatoms. The van der Waals surface area contributed by atoms with Crippen molar-refractivity contribution < 1.29 is 0 Å². The zero-order chi connectivity index (χ0) is 13.9. The first-order valence-corrected chi connectivity index (χ1v) is 7.75. The van der Waals surface area contributed by atoms with Gasteiger partial charge in [0, 0.05) is 25.0 Å². The van der Waals surface area contributed by atoms with Gasteiger partial charge in [0.05, 0.1) is 6.54 Å². The molecule has 3 nitrogen and oxygen atoms in total. The summed E-state index contributed by atoms with van der Waals surface area (Å²) in [5, 5.41) is 3.77. The summed E-state index contributed by atoms with van der Waals surface area (Å²) in [5.41, 5.74) is 0.401. The van der Waals surface area contributed by atoms with E-state index in [0.717, 1.165) is 19.0 Å². The van der Waals surface area contributed by atoms with Crippen LogP contribution in [0.5, 0.6) is 0 Å². The maximum Gasteiger partial charge on any atom is 0.122 e. The first kappa shape index (κ1) is 14.6.